The summed E-state index contributed by atoms with van der Waals surface area (Å²) in [4.78, 5) is 0. The molecule has 0 bridgehead atoms. The smallest absolute Gasteiger partial charge is 0.495 e. The largest absolute Gasteiger partial charge is 0.708 e. The second-order valence-corrected chi connectivity index (χ2v) is 3.18. The molecule has 1 aromatic carbocycles. The lowest BCUT2D eigenvalue weighted by atomic mass is 10.2. The summed E-state index contributed by atoms with van der Waals surface area (Å²) in [5.41, 5.74) is 1.07. The first-order valence-corrected chi connectivity index (χ1v) is 4.71. The Kier molecular flexibility index (Phi) is 3.18. The van der Waals surface area contributed by atoms with Crippen molar-refractivity contribution in [3.63, 3.8) is 0 Å². The van der Waals surface area contributed by atoms with Gasteiger partial charge in [-0.05, 0) is 5.56 Å². The van der Waals surface area contributed by atoms with Crippen LogP contribution in [0.25, 0.3) is 0 Å². The summed E-state index contributed by atoms with van der Waals surface area (Å²) in [7, 11) is -1.87. The molecule has 0 aliphatic rings. The zero-order chi connectivity index (χ0) is 11.4. The molecule has 2 N–H and O–H groups in total. The second-order valence-electron chi connectivity index (χ2n) is 3.18. The standard InChI is InChI=1S/C9H10BN3O3/c14-10(15)16-9-7-13(12-11-9)6-8-4-2-1-3-5-8/h1-5,7,14-15H,6H2. The molecule has 82 valence electrons. The van der Waals surface area contributed by atoms with E-state index in [9.17, 15) is 0 Å². The minimum absolute atomic E-state index is 0.0749. The summed E-state index contributed by atoms with van der Waals surface area (Å²) >= 11 is 0. The summed E-state index contributed by atoms with van der Waals surface area (Å²) in [5.74, 6) is 0.0749. The van der Waals surface area contributed by atoms with Crippen molar-refractivity contribution in [3.05, 3.63) is 42.1 Å². The SMILES string of the molecule is OB(O)Oc1cn(Cc2ccccc2)nn1. The molecule has 0 atom stereocenters. The second kappa shape index (κ2) is 4.78. The van der Waals surface area contributed by atoms with Crippen LogP contribution in [0.5, 0.6) is 5.88 Å². The average molecular weight is 219 g/mol. The molecule has 0 aliphatic carbocycles. The van der Waals surface area contributed by atoms with Crippen molar-refractivity contribution in [1.29, 1.82) is 0 Å². The predicted molar refractivity (Wildman–Crippen MR) is 56.4 cm³/mol. The lowest BCUT2D eigenvalue weighted by Gasteiger charge is -1.99. The van der Waals surface area contributed by atoms with Crippen molar-refractivity contribution in [1.82, 2.24) is 15.0 Å². The summed E-state index contributed by atoms with van der Waals surface area (Å²) in [6.07, 6.45) is 1.49. The highest BCUT2D eigenvalue weighted by atomic mass is 16.6. The molecular formula is C9H10BN3O3. The van der Waals surface area contributed by atoms with Gasteiger partial charge in [0.05, 0.1) is 12.7 Å². The molecule has 0 unspecified atom stereocenters. The van der Waals surface area contributed by atoms with E-state index in [4.69, 9.17) is 10.0 Å². The van der Waals surface area contributed by atoms with Crippen LogP contribution in [-0.4, -0.2) is 32.4 Å². The number of nitrogens with zero attached hydrogens (tertiary/aromatic N) is 3. The minimum Gasteiger partial charge on any atom is -0.495 e. The van der Waals surface area contributed by atoms with Crippen molar-refractivity contribution in [3.8, 4) is 5.88 Å². The fraction of sp³-hybridized carbons (Fsp3) is 0.111. The van der Waals surface area contributed by atoms with Crippen LogP contribution in [0.15, 0.2) is 36.5 Å². The molecule has 2 aromatic rings. The normalized spacial score (nSPS) is 10.1. The molecule has 16 heavy (non-hydrogen) atoms. The maximum Gasteiger partial charge on any atom is 0.708 e. The summed E-state index contributed by atoms with van der Waals surface area (Å²) in [6, 6.07) is 9.72. The first kappa shape index (κ1) is 10.7. The Bertz CT molecular complexity index is 446. The van der Waals surface area contributed by atoms with Crippen LogP contribution in [0.1, 0.15) is 5.56 Å². The summed E-state index contributed by atoms with van der Waals surface area (Å²) < 4.78 is 6.10. The Balaban J connectivity index is 2.03. The van der Waals surface area contributed by atoms with E-state index in [1.165, 1.54) is 6.20 Å². The van der Waals surface area contributed by atoms with Gasteiger partial charge in [-0.25, -0.2) is 4.68 Å². The van der Waals surface area contributed by atoms with Crippen LogP contribution in [-0.2, 0) is 6.54 Å². The first-order valence-electron chi connectivity index (χ1n) is 4.71. The minimum atomic E-state index is -1.87. The van der Waals surface area contributed by atoms with Crippen molar-refractivity contribution in [2.45, 2.75) is 6.54 Å². The quantitative estimate of drug-likeness (QED) is 0.688. The van der Waals surface area contributed by atoms with Crippen LogP contribution < -0.4 is 4.65 Å². The van der Waals surface area contributed by atoms with Gasteiger partial charge < -0.3 is 14.7 Å². The third-order valence-electron chi connectivity index (χ3n) is 1.93. The molecule has 6 nitrogen and oxygen atoms in total. The molecule has 1 heterocycles. The number of aromatic nitrogens is 3. The van der Waals surface area contributed by atoms with Crippen molar-refractivity contribution >= 4 is 7.32 Å². The average Bonchev–Trinajstić information content (AvgIpc) is 2.66. The first-order chi connectivity index (χ1) is 7.74. The van der Waals surface area contributed by atoms with E-state index in [1.54, 1.807) is 4.68 Å². The van der Waals surface area contributed by atoms with Crippen LogP contribution in [0.4, 0.5) is 0 Å². The van der Waals surface area contributed by atoms with Gasteiger partial charge >= 0.3 is 7.32 Å². The Hall–Kier alpha value is -1.86. The van der Waals surface area contributed by atoms with E-state index in [0.29, 0.717) is 6.54 Å². The van der Waals surface area contributed by atoms with Gasteiger partial charge in [0.1, 0.15) is 0 Å². The Morgan fingerprint density at radius 3 is 2.69 bits per heavy atom. The molecule has 0 saturated heterocycles. The molecule has 0 saturated carbocycles. The molecule has 2 rings (SSSR count). The molecule has 0 radical (unpaired) electrons. The topological polar surface area (TPSA) is 80.4 Å². The molecule has 0 fully saturated rings. The summed E-state index contributed by atoms with van der Waals surface area (Å²) in [5, 5.41) is 24.5. The van der Waals surface area contributed by atoms with E-state index >= 15 is 0 Å². The molecule has 0 amide bonds. The monoisotopic (exact) mass is 219 g/mol. The number of benzene rings is 1. The number of hydrogen-bond acceptors (Lipinski definition) is 5. The van der Waals surface area contributed by atoms with Gasteiger partial charge in [0.15, 0.2) is 0 Å². The molecular weight excluding hydrogens is 209 g/mol. The van der Waals surface area contributed by atoms with Gasteiger partial charge in [-0.1, -0.05) is 40.6 Å². The third kappa shape index (κ3) is 2.82. The van der Waals surface area contributed by atoms with Crippen LogP contribution in [0.3, 0.4) is 0 Å². The van der Waals surface area contributed by atoms with Crippen LogP contribution in [0.2, 0.25) is 0 Å². The predicted octanol–water partition coefficient (Wildman–Crippen LogP) is -0.325. The van der Waals surface area contributed by atoms with Crippen LogP contribution >= 0.6 is 0 Å². The highest BCUT2D eigenvalue weighted by Gasteiger charge is 2.13. The fourth-order valence-corrected chi connectivity index (χ4v) is 1.29. The Labute approximate surface area is 92.3 Å². The van der Waals surface area contributed by atoms with E-state index in [1.807, 2.05) is 30.3 Å². The van der Waals surface area contributed by atoms with Gasteiger partial charge in [-0.15, -0.1) is 0 Å². The van der Waals surface area contributed by atoms with E-state index in [0.717, 1.165) is 5.56 Å². The van der Waals surface area contributed by atoms with E-state index in [2.05, 4.69) is 15.0 Å². The highest BCUT2D eigenvalue weighted by Crippen LogP contribution is 2.06. The molecule has 0 aliphatic heterocycles. The highest BCUT2D eigenvalue weighted by molar-refractivity contribution is 6.33. The number of rotatable bonds is 4. The zero-order valence-electron chi connectivity index (χ0n) is 8.39. The third-order valence-corrected chi connectivity index (χ3v) is 1.93. The van der Waals surface area contributed by atoms with Gasteiger partial charge in [0.2, 0.25) is 5.88 Å². The van der Waals surface area contributed by atoms with Gasteiger partial charge in [0.25, 0.3) is 0 Å². The molecule has 7 heteroatoms. The van der Waals surface area contributed by atoms with Gasteiger partial charge in [-0.3, -0.25) is 0 Å². The van der Waals surface area contributed by atoms with Crippen LogP contribution in [0, 0.1) is 0 Å². The molecule has 1 aromatic heterocycles. The maximum absolute atomic E-state index is 8.56. The van der Waals surface area contributed by atoms with E-state index < -0.39 is 7.32 Å². The fourth-order valence-electron chi connectivity index (χ4n) is 1.29. The zero-order valence-corrected chi connectivity index (χ0v) is 8.39. The van der Waals surface area contributed by atoms with Gasteiger partial charge in [0, 0.05) is 0 Å². The van der Waals surface area contributed by atoms with Crippen molar-refractivity contribution < 1.29 is 14.7 Å². The van der Waals surface area contributed by atoms with E-state index in [-0.39, 0.29) is 5.88 Å². The maximum atomic E-state index is 8.56. The summed E-state index contributed by atoms with van der Waals surface area (Å²) in [6.45, 7) is 0.554. The Morgan fingerprint density at radius 2 is 2.00 bits per heavy atom. The molecule has 0 spiro atoms. The van der Waals surface area contributed by atoms with Crippen molar-refractivity contribution in [2.24, 2.45) is 0 Å². The lowest BCUT2D eigenvalue weighted by Crippen LogP contribution is -2.20. The van der Waals surface area contributed by atoms with Crippen molar-refractivity contribution in [2.75, 3.05) is 0 Å². The lowest BCUT2D eigenvalue weighted by molar-refractivity contribution is 0.283. The Morgan fingerprint density at radius 1 is 1.25 bits per heavy atom. The van der Waals surface area contributed by atoms with Gasteiger partial charge in [-0.2, -0.15) is 0 Å². The number of hydrogen-bond donors (Lipinski definition) is 2.